The third-order valence-electron chi connectivity index (χ3n) is 1.83. The van der Waals surface area contributed by atoms with Crippen LogP contribution in [-0.2, 0) is 4.74 Å². The van der Waals surface area contributed by atoms with Crippen molar-refractivity contribution in [2.24, 2.45) is 0 Å². The standard InChI is InChI=1S/C6H12O5/c1-2-3(7)4(8)5(9)6(10)11-2/h2-10H,1H3/t2?,3-,4?,5+,6?/m1/s1. The van der Waals surface area contributed by atoms with Crippen molar-refractivity contribution in [2.75, 3.05) is 0 Å². The van der Waals surface area contributed by atoms with Crippen LogP contribution in [0.2, 0.25) is 0 Å². The predicted octanol–water partition coefficient (Wildman–Crippen LogP) is -2.19. The van der Waals surface area contributed by atoms with Crippen molar-refractivity contribution < 1.29 is 25.2 Å². The Labute approximate surface area is 63.8 Å². The molecule has 0 aromatic heterocycles. The molecule has 0 spiro atoms. The normalized spacial score (nSPS) is 52.6. The van der Waals surface area contributed by atoms with Gasteiger partial charge in [-0.2, -0.15) is 0 Å². The molecule has 0 radical (unpaired) electrons. The summed E-state index contributed by atoms with van der Waals surface area (Å²) in [7, 11) is 0. The molecule has 5 nitrogen and oxygen atoms in total. The van der Waals surface area contributed by atoms with Crippen LogP contribution in [0.3, 0.4) is 0 Å². The minimum atomic E-state index is -1.43. The molecular weight excluding hydrogens is 152 g/mol. The summed E-state index contributed by atoms with van der Waals surface area (Å²) in [4.78, 5) is 0. The Morgan fingerprint density at radius 2 is 1.45 bits per heavy atom. The highest BCUT2D eigenvalue weighted by Crippen LogP contribution is 2.18. The van der Waals surface area contributed by atoms with Crippen LogP contribution in [0.4, 0.5) is 0 Å². The molecule has 11 heavy (non-hydrogen) atoms. The van der Waals surface area contributed by atoms with Crippen LogP contribution >= 0.6 is 0 Å². The van der Waals surface area contributed by atoms with E-state index in [9.17, 15) is 0 Å². The summed E-state index contributed by atoms with van der Waals surface area (Å²) in [5.41, 5.74) is 0. The first-order valence-corrected chi connectivity index (χ1v) is 3.41. The predicted molar refractivity (Wildman–Crippen MR) is 34.6 cm³/mol. The Kier molecular flexibility index (Phi) is 2.46. The van der Waals surface area contributed by atoms with E-state index in [1.54, 1.807) is 0 Å². The lowest BCUT2D eigenvalue weighted by Crippen LogP contribution is -2.56. The van der Waals surface area contributed by atoms with Crippen LogP contribution in [0.1, 0.15) is 6.92 Å². The average molecular weight is 164 g/mol. The summed E-state index contributed by atoms with van der Waals surface area (Å²) in [6.45, 7) is 1.50. The number of aliphatic hydroxyl groups excluding tert-OH is 4. The molecule has 66 valence electrons. The Morgan fingerprint density at radius 3 is 2.00 bits per heavy atom. The molecule has 0 saturated carbocycles. The van der Waals surface area contributed by atoms with E-state index >= 15 is 0 Å². The van der Waals surface area contributed by atoms with Crippen molar-refractivity contribution in [1.29, 1.82) is 0 Å². The molecule has 0 amide bonds. The van der Waals surface area contributed by atoms with E-state index in [4.69, 9.17) is 20.4 Å². The van der Waals surface area contributed by atoms with Gasteiger partial charge in [0.15, 0.2) is 6.29 Å². The van der Waals surface area contributed by atoms with Gasteiger partial charge in [-0.3, -0.25) is 0 Å². The largest absolute Gasteiger partial charge is 0.388 e. The third kappa shape index (κ3) is 1.52. The summed E-state index contributed by atoms with van der Waals surface area (Å²) in [6, 6.07) is 0. The second-order valence-electron chi connectivity index (χ2n) is 2.70. The molecule has 1 saturated heterocycles. The molecule has 1 aliphatic rings. The molecule has 1 aliphatic heterocycles. The first kappa shape index (κ1) is 8.89. The second-order valence-corrected chi connectivity index (χ2v) is 2.70. The highest BCUT2D eigenvalue weighted by atomic mass is 16.6. The van der Waals surface area contributed by atoms with Gasteiger partial charge in [-0.15, -0.1) is 0 Å². The van der Waals surface area contributed by atoms with Crippen molar-refractivity contribution in [3.63, 3.8) is 0 Å². The van der Waals surface area contributed by atoms with Crippen molar-refractivity contribution in [3.8, 4) is 0 Å². The lowest BCUT2D eigenvalue weighted by atomic mass is 10.0. The van der Waals surface area contributed by atoms with Crippen molar-refractivity contribution in [1.82, 2.24) is 0 Å². The molecule has 0 bridgehead atoms. The summed E-state index contributed by atoms with van der Waals surface area (Å²) < 4.78 is 4.68. The zero-order valence-corrected chi connectivity index (χ0v) is 6.08. The summed E-state index contributed by atoms with van der Waals surface area (Å²) in [6.07, 6.45) is -5.99. The second kappa shape index (κ2) is 3.04. The fourth-order valence-corrected chi connectivity index (χ4v) is 1.03. The average Bonchev–Trinajstić information content (AvgIpc) is 1.97. The van der Waals surface area contributed by atoms with E-state index in [0.717, 1.165) is 0 Å². The SMILES string of the molecule is CC1OC(O)[C@@H](O)C(O)[C@@H]1O. The first-order valence-electron chi connectivity index (χ1n) is 3.41. The van der Waals surface area contributed by atoms with Gasteiger partial charge in [-0.25, -0.2) is 0 Å². The number of ether oxygens (including phenoxy) is 1. The fraction of sp³-hybridized carbons (Fsp3) is 1.00. The van der Waals surface area contributed by atoms with E-state index in [-0.39, 0.29) is 0 Å². The van der Waals surface area contributed by atoms with Crippen molar-refractivity contribution in [3.05, 3.63) is 0 Å². The third-order valence-corrected chi connectivity index (χ3v) is 1.83. The summed E-state index contributed by atoms with van der Waals surface area (Å²) >= 11 is 0. The van der Waals surface area contributed by atoms with Gasteiger partial charge in [-0.1, -0.05) is 0 Å². The number of aliphatic hydroxyl groups is 4. The molecule has 1 heterocycles. The Balaban J connectivity index is 2.63. The Hall–Kier alpha value is -0.200. The van der Waals surface area contributed by atoms with Crippen LogP contribution in [-0.4, -0.2) is 51.1 Å². The van der Waals surface area contributed by atoms with E-state index in [2.05, 4.69) is 4.74 Å². The Bertz CT molecular complexity index is 125. The smallest absolute Gasteiger partial charge is 0.183 e. The number of hydrogen-bond acceptors (Lipinski definition) is 5. The molecule has 5 heteroatoms. The summed E-state index contributed by atoms with van der Waals surface area (Å²) in [5, 5.41) is 36.0. The number of rotatable bonds is 0. The maximum atomic E-state index is 9.09. The van der Waals surface area contributed by atoms with Gasteiger partial charge in [0, 0.05) is 0 Å². The van der Waals surface area contributed by atoms with Crippen LogP contribution in [0, 0.1) is 0 Å². The molecule has 1 fully saturated rings. The summed E-state index contributed by atoms with van der Waals surface area (Å²) in [5.74, 6) is 0. The van der Waals surface area contributed by atoms with Crippen LogP contribution in [0.25, 0.3) is 0 Å². The topological polar surface area (TPSA) is 90.2 Å². The molecule has 1 rings (SSSR count). The van der Waals surface area contributed by atoms with E-state index in [1.807, 2.05) is 0 Å². The molecule has 4 N–H and O–H groups in total. The van der Waals surface area contributed by atoms with Crippen LogP contribution in [0.15, 0.2) is 0 Å². The van der Waals surface area contributed by atoms with E-state index < -0.39 is 30.7 Å². The minimum absolute atomic E-state index is 0.664. The lowest BCUT2D eigenvalue weighted by molar-refractivity contribution is -0.277. The van der Waals surface area contributed by atoms with Gasteiger partial charge in [0.2, 0.25) is 0 Å². The minimum Gasteiger partial charge on any atom is -0.388 e. The van der Waals surface area contributed by atoms with Gasteiger partial charge >= 0.3 is 0 Å². The van der Waals surface area contributed by atoms with Crippen LogP contribution in [0.5, 0.6) is 0 Å². The monoisotopic (exact) mass is 164 g/mol. The quantitative estimate of drug-likeness (QED) is 0.326. The molecule has 5 atom stereocenters. The molecular formula is C6H12O5. The van der Waals surface area contributed by atoms with Gasteiger partial charge < -0.3 is 25.2 Å². The zero-order valence-electron chi connectivity index (χ0n) is 6.08. The lowest BCUT2D eigenvalue weighted by Gasteiger charge is -2.36. The van der Waals surface area contributed by atoms with Gasteiger partial charge in [0.25, 0.3) is 0 Å². The molecule has 0 aromatic carbocycles. The maximum Gasteiger partial charge on any atom is 0.183 e. The van der Waals surface area contributed by atoms with E-state index in [1.165, 1.54) is 6.92 Å². The van der Waals surface area contributed by atoms with Gasteiger partial charge in [0.05, 0.1) is 6.10 Å². The van der Waals surface area contributed by atoms with Gasteiger partial charge in [-0.05, 0) is 6.92 Å². The molecule has 0 aromatic rings. The molecule has 0 aliphatic carbocycles. The number of hydrogen-bond donors (Lipinski definition) is 4. The highest BCUT2D eigenvalue weighted by molar-refractivity contribution is 4.86. The zero-order chi connectivity index (χ0) is 8.59. The van der Waals surface area contributed by atoms with Crippen molar-refractivity contribution >= 4 is 0 Å². The fourth-order valence-electron chi connectivity index (χ4n) is 1.03. The molecule has 3 unspecified atom stereocenters. The van der Waals surface area contributed by atoms with Crippen molar-refractivity contribution in [2.45, 2.75) is 37.6 Å². The first-order chi connectivity index (χ1) is 5.04. The highest BCUT2D eigenvalue weighted by Gasteiger charge is 2.40. The maximum absolute atomic E-state index is 9.09. The Morgan fingerprint density at radius 1 is 0.909 bits per heavy atom. The van der Waals surface area contributed by atoms with Gasteiger partial charge in [0.1, 0.15) is 18.3 Å². The van der Waals surface area contributed by atoms with E-state index in [0.29, 0.717) is 0 Å². The van der Waals surface area contributed by atoms with Crippen LogP contribution < -0.4 is 0 Å².